The van der Waals surface area contributed by atoms with E-state index in [9.17, 15) is 4.79 Å². The molecule has 134 valence electrons. The van der Waals surface area contributed by atoms with E-state index < -0.39 is 0 Å². The molecule has 25 heavy (non-hydrogen) atoms. The largest absolute Gasteiger partial charge is 0.369 e. The molecule has 0 bridgehead atoms. The summed E-state index contributed by atoms with van der Waals surface area (Å²) in [5.74, 6) is 0.197. The van der Waals surface area contributed by atoms with Crippen molar-refractivity contribution in [1.29, 1.82) is 0 Å². The zero-order chi connectivity index (χ0) is 17.6. The Labute approximate surface area is 148 Å². The van der Waals surface area contributed by atoms with Crippen molar-refractivity contribution in [1.82, 2.24) is 25.2 Å². The van der Waals surface area contributed by atoms with E-state index in [1.807, 2.05) is 26.4 Å². The van der Waals surface area contributed by atoms with Gasteiger partial charge in [0, 0.05) is 32.0 Å². The van der Waals surface area contributed by atoms with E-state index in [4.69, 9.17) is 0 Å². The molecule has 0 spiro atoms. The van der Waals surface area contributed by atoms with Crippen molar-refractivity contribution in [2.75, 3.05) is 45.2 Å². The molecular weight excluding hydrogens is 316 g/mol. The van der Waals surface area contributed by atoms with Gasteiger partial charge in [0.15, 0.2) is 5.65 Å². The zero-order valence-electron chi connectivity index (χ0n) is 15.0. The molecule has 3 rings (SSSR count). The van der Waals surface area contributed by atoms with Crippen LogP contribution in [0.4, 0.5) is 5.69 Å². The summed E-state index contributed by atoms with van der Waals surface area (Å²) < 4.78 is 0. The molecule has 0 aromatic carbocycles. The highest BCUT2D eigenvalue weighted by Gasteiger charge is 2.26. The molecule has 3 heterocycles. The highest BCUT2D eigenvalue weighted by molar-refractivity contribution is 5.80. The summed E-state index contributed by atoms with van der Waals surface area (Å²) >= 11 is 0. The first-order valence-corrected chi connectivity index (χ1v) is 8.87. The summed E-state index contributed by atoms with van der Waals surface area (Å²) in [6.45, 7) is 3.40. The summed E-state index contributed by atoms with van der Waals surface area (Å²) in [4.78, 5) is 29.7. The quantitative estimate of drug-likeness (QED) is 0.798. The Kier molecular flexibility index (Phi) is 5.75. The smallest absolute Gasteiger partial charge is 0.224 e. The molecule has 0 aliphatic carbocycles. The minimum absolute atomic E-state index is 0.0330. The van der Waals surface area contributed by atoms with E-state index in [2.05, 4.69) is 30.1 Å². The first-order valence-electron chi connectivity index (χ1n) is 8.87. The fraction of sp³-hybridized carbons (Fsp3) is 0.556. The molecule has 7 nitrogen and oxygen atoms in total. The fourth-order valence-corrected chi connectivity index (χ4v) is 3.20. The molecule has 2 aromatic heterocycles. The highest BCUT2D eigenvalue weighted by atomic mass is 16.1. The van der Waals surface area contributed by atoms with Crippen LogP contribution in [0.25, 0.3) is 11.2 Å². The number of rotatable bonds is 6. The van der Waals surface area contributed by atoms with Crippen molar-refractivity contribution in [3.63, 3.8) is 0 Å². The third-order valence-electron chi connectivity index (χ3n) is 4.55. The van der Waals surface area contributed by atoms with Crippen molar-refractivity contribution in [3.8, 4) is 0 Å². The van der Waals surface area contributed by atoms with Gasteiger partial charge in [0.1, 0.15) is 5.52 Å². The van der Waals surface area contributed by atoms with Gasteiger partial charge in [-0.15, -0.1) is 0 Å². The molecular formula is C18H26N6O. The number of anilines is 1. The van der Waals surface area contributed by atoms with E-state index in [1.54, 1.807) is 12.4 Å². The number of hydrogen-bond donors (Lipinski definition) is 1. The summed E-state index contributed by atoms with van der Waals surface area (Å²) in [6.07, 6.45) is 8.07. The Balaban J connectivity index is 1.59. The Morgan fingerprint density at radius 2 is 2.16 bits per heavy atom. The lowest BCUT2D eigenvalue weighted by Crippen LogP contribution is -2.43. The average molecular weight is 342 g/mol. The third kappa shape index (κ3) is 4.63. The molecule has 0 radical (unpaired) electrons. The van der Waals surface area contributed by atoms with Gasteiger partial charge in [0.25, 0.3) is 0 Å². The van der Waals surface area contributed by atoms with Gasteiger partial charge in [-0.05, 0) is 46.0 Å². The van der Waals surface area contributed by atoms with Gasteiger partial charge in [0.2, 0.25) is 5.91 Å². The van der Waals surface area contributed by atoms with Crippen LogP contribution < -0.4 is 10.2 Å². The predicted octanol–water partition coefficient (Wildman–Crippen LogP) is 1.31. The maximum Gasteiger partial charge on any atom is 0.224 e. The van der Waals surface area contributed by atoms with Gasteiger partial charge in [-0.1, -0.05) is 0 Å². The highest BCUT2D eigenvalue weighted by Crippen LogP contribution is 2.24. The molecule has 2 aromatic rings. The Morgan fingerprint density at radius 3 is 3.00 bits per heavy atom. The number of carbonyl (C=O) groups excluding carboxylic acids is 1. The lowest BCUT2D eigenvalue weighted by molar-refractivity contribution is -0.125. The van der Waals surface area contributed by atoms with Crippen LogP contribution in [0.15, 0.2) is 24.7 Å². The van der Waals surface area contributed by atoms with Gasteiger partial charge in [-0.25, -0.2) is 9.97 Å². The summed E-state index contributed by atoms with van der Waals surface area (Å²) in [5, 5.41) is 3.08. The molecule has 1 atom stereocenters. The molecule has 1 aliphatic rings. The van der Waals surface area contributed by atoms with E-state index >= 15 is 0 Å². The van der Waals surface area contributed by atoms with Crippen molar-refractivity contribution in [2.45, 2.75) is 19.3 Å². The number of pyridine rings is 1. The predicted molar refractivity (Wildman–Crippen MR) is 98.5 cm³/mol. The number of nitrogens with zero attached hydrogens (tertiary/aromatic N) is 5. The fourth-order valence-electron chi connectivity index (χ4n) is 3.20. The first kappa shape index (κ1) is 17.5. The molecule has 1 saturated heterocycles. The van der Waals surface area contributed by atoms with Crippen molar-refractivity contribution in [2.24, 2.45) is 5.92 Å². The molecule has 1 aliphatic heterocycles. The third-order valence-corrected chi connectivity index (χ3v) is 4.55. The van der Waals surface area contributed by atoms with Gasteiger partial charge in [-0.3, -0.25) is 9.78 Å². The second-order valence-electron chi connectivity index (χ2n) is 6.83. The monoisotopic (exact) mass is 342 g/mol. The van der Waals surface area contributed by atoms with Crippen LogP contribution in [-0.4, -0.2) is 66.0 Å². The van der Waals surface area contributed by atoms with Crippen molar-refractivity contribution < 1.29 is 4.79 Å². The van der Waals surface area contributed by atoms with E-state index in [0.29, 0.717) is 5.65 Å². The van der Waals surface area contributed by atoms with Gasteiger partial charge >= 0.3 is 0 Å². The lowest BCUT2D eigenvalue weighted by atomic mass is 9.96. The minimum atomic E-state index is 0.0330. The number of nitrogens with one attached hydrogen (secondary N) is 1. The minimum Gasteiger partial charge on any atom is -0.369 e. The topological polar surface area (TPSA) is 74.2 Å². The number of fused-ring (bicyclic) bond motifs is 1. The first-order chi connectivity index (χ1) is 12.1. The number of carbonyl (C=O) groups is 1. The van der Waals surface area contributed by atoms with E-state index in [1.165, 1.54) is 0 Å². The van der Waals surface area contributed by atoms with Crippen molar-refractivity contribution in [3.05, 3.63) is 24.7 Å². The van der Waals surface area contributed by atoms with Crippen LogP contribution in [0, 0.1) is 5.92 Å². The maximum atomic E-state index is 12.4. The standard InChI is InChI=1S/C18H26N6O/c1-23(2)9-4-6-21-18(25)14-5-3-10-24(13-14)15-11-16-17(22-12-15)20-8-7-19-16/h7-8,11-12,14H,3-6,9-10,13H2,1-2H3,(H,21,25)/t14-/m1/s1. The number of aromatic nitrogens is 3. The lowest BCUT2D eigenvalue weighted by Gasteiger charge is -2.33. The van der Waals surface area contributed by atoms with E-state index in [-0.39, 0.29) is 11.8 Å². The second kappa shape index (κ2) is 8.20. The van der Waals surface area contributed by atoms with Gasteiger partial charge < -0.3 is 15.1 Å². The van der Waals surface area contributed by atoms with Crippen molar-refractivity contribution >= 4 is 22.8 Å². The molecule has 1 fully saturated rings. The molecule has 1 N–H and O–H groups in total. The SMILES string of the molecule is CN(C)CCCNC(=O)[C@@H]1CCCN(c2cnc3nccnc3c2)C1. The Hall–Kier alpha value is -2.28. The molecule has 7 heteroatoms. The second-order valence-corrected chi connectivity index (χ2v) is 6.83. The van der Waals surface area contributed by atoms with Crippen LogP contribution in [0.3, 0.4) is 0 Å². The van der Waals surface area contributed by atoms with Gasteiger partial charge in [0.05, 0.1) is 17.8 Å². The zero-order valence-corrected chi connectivity index (χ0v) is 15.0. The molecule has 1 amide bonds. The number of piperidine rings is 1. The summed E-state index contributed by atoms with van der Waals surface area (Å²) in [6, 6.07) is 2.01. The van der Waals surface area contributed by atoms with Gasteiger partial charge in [-0.2, -0.15) is 0 Å². The molecule has 0 unspecified atom stereocenters. The molecule has 0 saturated carbocycles. The van der Waals surface area contributed by atoms with Crippen LogP contribution in [0.5, 0.6) is 0 Å². The van der Waals surface area contributed by atoms with Crippen LogP contribution in [0.2, 0.25) is 0 Å². The van der Waals surface area contributed by atoms with E-state index in [0.717, 1.165) is 56.6 Å². The number of hydrogen-bond acceptors (Lipinski definition) is 6. The van der Waals surface area contributed by atoms with Crippen LogP contribution >= 0.6 is 0 Å². The maximum absolute atomic E-state index is 12.4. The van der Waals surface area contributed by atoms with Crippen LogP contribution in [0.1, 0.15) is 19.3 Å². The summed E-state index contributed by atoms with van der Waals surface area (Å²) in [5.41, 5.74) is 2.45. The van der Waals surface area contributed by atoms with Crippen LogP contribution in [-0.2, 0) is 4.79 Å². The number of amides is 1. The Morgan fingerprint density at radius 1 is 1.32 bits per heavy atom. The summed E-state index contributed by atoms with van der Waals surface area (Å²) in [7, 11) is 4.09. The normalized spacial score (nSPS) is 17.9. The Bertz CT molecular complexity index is 720. The average Bonchev–Trinajstić information content (AvgIpc) is 2.64.